The molecule has 3 aliphatic rings. The van der Waals surface area contributed by atoms with Crippen LogP contribution in [0.15, 0.2) is 284 Å². The molecule has 0 saturated carbocycles. The van der Waals surface area contributed by atoms with Gasteiger partial charge in [-0.3, -0.25) is 0 Å². The summed E-state index contributed by atoms with van der Waals surface area (Å²) in [5.74, 6) is 0. The van der Waals surface area contributed by atoms with E-state index in [2.05, 4.69) is 260 Å². The molecule has 346 valence electrons. The zero-order chi connectivity index (χ0) is 49.1. The second-order valence-corrected chi connectivity index (χ2v) is 20.0. The molecule has 0 N–H and O–H groups in total. The molecule has 12 aromatic rings. The van der Waals surface area contributed by atoms with Crippen LogP contribution in [0.1, 0.15) is 38.9 Å². The van der Waals surface area contributed by atoms with Crippen LogP contribution >= 0.6 is 0 Å². The van der Waals surface area contributed by atoms with Gasteiger partial charge >= 0.3 is 0 Å². The Balaban J connectivity index is 1.01. The Bertz CT molecular complexity index is 4310. The minimum atomic E-state index is -0.688. The highest BCUT2D eigenvalue weighted by Crippen LogP contribution is 2.64. The monoisotopic (exact) mass is 941 g/mol. The summed E-state index contributed by atoms with van der Waals surface area (Å²) in [6.07, 6.45) is 5.99. The summed E-state index contributed by atoms with van der Waals surface area (Å²) in [6, 6.07) is 89.8. The predicted molar refractivity (Wildman–Crippen MR) is 308 cm³/mol. The summed E-state index contributed by atoms with van der Waals surface area (Å²) < 4.78 is 6.68. The largest absolute Gasteiger partial charge is 0.455 e. The molecule has 2 nitrogen and oxygen atoms in total. The molecule has 1 aromatic heterocycles. The van der Waals surface area contributed by atoms with Gasteiger partial charge in [0.25, 0.3) is 0 Å². The van der Waals surface area contributed by atoms with Crippen molar-refractivity contribution in [1.82, 2.24) is 0 Å². The molecule has 0 radical (unpaired) electrons. The van der Waals surface area contributed by atoms with Gasteiger partial charge in [0.2, 0.25) is 0 Å². The summed E-state index contributed by atoms with van der Waals surface area (Å²) in [6.45, 7) is 8.98. The average molecular weight is 942 g/mol. The lowest BCUT2D eigenvalue weighted by Crippen LogP contribution is -2.29. The van der Waals surface area contributed by atoms with E-state index < -0.39 is 10.8 Å². The molecular formula is C72H47NO. The number of para-hydroxylation sites is 1. The van der Waals surface area contributed by atoms with E-state index >= 15 is 0 Å². The third-order valence-electron chi connectivity index (χ3n) is 16.5. The van der Waals surface area contributed by atoms with Gasteiger partial charge in [0.05, 0.1) is 16.5 Å². The van der Waals surface area contributed by atoms with Crippen LogP contribution < -0.4 is 4.90 Å². The first-order chi connectivity index (χ1) is 36.6. The molecule has 0 aliphatic heterocycles. The van der Waals surface area contributed by atoms with Gasteiger partial charge in [-0.05, 0) is 137 Å². The molecule has 1 atom stereocenters. The maximum Gasteiger partial charge on any atom is 0.143 e. The molecule has 15 rings (SSSR count). The summed E-state index contributed by atoms with van der Waals surface area (Å²) >= 11 is 0. The van der Waals surface area contributed by atoms with Crippen LogP contribution in [0.2, 0.25) is 0 Å². The SMILES string of the molecule is C=C/C=C\C(=C)C1(c2ccccc2)c2ccccc2-c2ccc(N(c3ccc4c(c3)C3(c5ccccc5-c5ccccc53)c3ccccc3-4)c3ccccc3-c3ccc4oc5c6ccccc6ccc5c4c3)cc21. The number of anilines is 3. The van der Waals surface area contributed by atoms with E-state index in [1.807, 2.05) is 12.2 Å². The van der Waals surface area contributed by atoms with Gasteiger partial charge < -0.3 is 9.32 Å². The normalized spacial score (nSPS) is 15.2. The minimum Gasteiger partial charge on any atom is -0.455 e. The Labute approximate surface area is 430 Å². The zero-order valence-electron chi connectivity index (χ0n) is 40.6. The van der Waals surface area contributed by atoms with E-state index in [1.165, 1.54) is 72.3 Å². The molecule has 1 spiro atoms. The Hall–Kier alpha value is -9.50. The number of allylic oxidation sites excluding steroid dienone is 4. The van der Waals surface area contributed by atoms with Crippen molar-refractivity contribution in [3.05, 3.63) is 319 Å². The highest BCUT2D eigenvalue weighted by atomic mass is 16.3. The van der Waals surface area contributed by atoms with Crippen LogP contribution in [0.5, 0.6) is 0 Å². The second-order valence-electron chi connectivity index (χ2n) is 20.0. The van der Waals surface area contributed by atoms with E-state index in [9.17, 15) is 0 Å². The van der Waals surface area contributed by atoms with Crippen molar-refractivity contribution in [2.24, 2.45) is 0 Å². The van der Waals surface area contributed by atoms with E-state index in [-0.39, 0.29) is 0 Å². The van der Waals surface area contributed by atoms with Crippen LogP contribution in [0.3, 0.4) is 0 Å². The van der Waals surface area contributed by atoms with E-state index in [0.29, 0.717) is 0 Å². The smallest absolute Gasteiger partial charge is 0.143 e. The third kappa shape index (κ3) is 5.65. The Morgan fingerprint density at radius 3 is 1.64 bits per heavy atom. The number of nitrogens with zero attached hydrogens (tertiary/aromatic N) is 1. The average Bonchev–Trinajstić information content (AvgIpc) is 4.29. The standard InChI is InChI=1S/C72H47NO/c1-3-4-20-46(2)71(49-22-6-5-7-23-49)62-30-15-10-28-56(62)58-40-37-50(44-66(58)71)73(68-34-19-14-24-52(68)48-36-42-69-61(43-48)60-39-35-47-21-8-9-25-53(47)70(60)74-69)51-38-41-59-57-29-13-18-33-65(57)72(67(59)45-51)63-31-16-11-26-54(63)55-27-12-17-32-64(55)72/h3-45H,1-2H2/b20-4-. The first-order valence-corrected chi connectivity index (χ1v) is 25.5. The maximum atomic E-state index is 6.68. The highest BCUT2D eigenvalue weighted by Gasteiger charge is 2.52. The van der Waals surface area contributed by atoms with Gasteiger partial charge in [-0.1, -0.05) is 226 Å². The molecule has 1 unspecified atom stereocenters. The van der Waals surface area contributed by atoms with Crippen molar-refractivity contribution in [2.45, 2.75) is 10.8 Å². The summed E-state index contributed by atoms with van der Waals surface area (Å²) in [5.41, 5.74) is 23.3. The summed E-state index contributed by atoms with van der Waals surface area (Å²) in [5, 5.41) is 4.48. The number of benzene rings is 11. The second kappa shape index (κ2) is 16.0. The third-order valence-corrected chi connectivity index (χ3v) is 16.5. The Morgan fingerprint density at radius 2 is 0.959 bits per heavy atom. The van der Waals surface area contributed by atoms with Crippen molar-refractivity contribution in [3.63, 3.8) is 0 Å². The first-order valence-electron chi connectivity index (χ1n) is 25.5. The number of hydrogen-bond acceptors (Lipinski definition) is 2. The van der Waals surface area contributed by atoms with Crippen LogP contribution in [0.25, 0.3) is 77.2 Å². The molecule has 11 aromatic carbocycles. The molecule has 74 heavy (non-hydrogen) atoms. The molecule has 0 saturated heterocycles. The molecule has 2 heteroatoms. The summed E-state index contributed by atoms with van der Waals surface area (Å²) in [4.78, 5) is 2.51. The number of furan rings is 1. The quantitative estimate of drug-likeness (QED) is 0.141. The van der Waals surface area contributed by atoms with Crippen LogP contribution in [-0.2, 0) is 10.8 Å². The fourth-order valence-corrected chi connectivity index (χ4v) is 13.5. The van der Waals surface area contributed by atoms with Crippen molar-refractivity contribution in [3.8, 4) is 44.5 Å². The highest BCUT2D eigenvalue weighted by molar-refractivity contribution is 6.16. The van der Waals surface area contributed by atoms with Crippen LogP contribution in [0, 0.1) is 0 Å². The van der Waals surface area contributed by atoms with Gasteiger partial charge in [0.1, 0.15) is 11.2 Å². The maximum absolute atomic E-state index is 6.68. The van der Waals surface area contributed by atoms with Crippen molar-refractivity contribution in [2.75, 3.05) is 4.90 Å². The van der Waals surface area contributed by atoms with Crippen molar-refractivity contribution < 1.29 is 4.42 Å². The fraction of sp³-hybridized carbons (Fsp3) is 0.0278. The lowest BCUT2D eigenvalue weighted by molar-refractivity contribution is 0.672. The molecule has 3 aliphatic carbocycles. The zero-order valence-corrected chi connectivity index (χ0v) is 40.6. The van der Waals surface area contributed by atoms with Gasteiger partial charge in [0, 0.05) is 33.1 Å². The van der Waals surface area contributed by atoms with Gasteiger partial charge in [-0.2, -0.15) is 0 Å². The first kappa shape index (κ1) is 42.2. The van der Waals surface area contributed by atoms with Gasteiger partial charge in [-0.15, -0.1) is 0 Å². The predicted octanol–water partition coefficient (Wildman–Crippen LogP) is 18.8. The molecule has 0 bridgehead atoms. The number of hydrogen-bond donors (Lipinski definition) is 0. The van der Waals surface area contributed by atoms with Crippen LogP contribution in [-0.4, -0.2) is 0 Å². The number of rotatable bonds is 8. The molecular weight excluding hydrogens is 895 g/mol. The lowest BCUT2D eigenvalue weighted by Gasteiger charge is -2.35. The molecule has 1 heterocycles. The van der Waals surface area contributed by atoms with E-state index in [1.54, 1.807) is 0 Å². The van der Waals surface area contributed by atoms with Gasteiger partial charge in [-0.25, -0.2) is 0 Å². The lowest BCUT2D eigenvalue weighted by atomic mass is 9.67. The Morgan fingerprint density at radius 1 is 0.419 bits per heavy atom. The van der Waals surface area contributed by atoms with Gasteiger partial charge in [0.15, 0.2) is 0 Å². The number of fused-ring (bicyclic) bond motifs is 18. The van der Waals surface area contributed by atoms with Crippen molar-refractivity contribution >= 4 is 49.8 Å². The molecule has 0 amide bonds. The van der Waals surface area contributed by atoms with Crippen molar-refractivity contribution in [1.29, 1.82) is 0 Å². The fourth-order valence-electron chi connectivity index (χ4n) is 13.5. The molecule has 0 fully saturated rings. The summed E-state index contributed by atoms with van der Waals surface area (Å²) in [7, 11) is 0. The topological polar surface area (TPSA) is 16.4 Å². The Kier molecular flexibility index (Phi) is 9.13. The van der Waals surface area contributed by atoms with Crippen LogP contribution in [0.4, 0.5) is 17.1 Å². The van der Waals surface area contributed by atoms with E-state index in [0.717, 1.165) is 66.5 Å². The van der Waals surface area contributed by atoms with E-state index in [4.69, 9.17) is 11.0 Å². The minimum absolute atomic E-state index is 0.519.